The SMILES string of the molecule is Cc1ccc(B(c2c(F)c(F)c(F)c(F)c2F)c2c(F)c(F)c(F)c(F)c2F)cc1. The Morgan fingerprint density at radius 3 is 1.00 bits per heavy atom. The molecule has 11 heteroatoms. The molecule has 0 aliphatic rings. The van der Waals surface area contributed by atoms with Crippen LogP contribution < -0.4 is 16.4 Å². The minimum Gasteiger partial charge on any atom is -0.204 e. The molecular formula is C19H7BF10. The summed E-state index contributed by atoms with van der Waals surface area (Å²) in [6, 6.07) is 4.49. The Hall–Kier alpha value is -2.98. The predicted octanol–water partition coefficient (Wildman–Crippen LogP) is 3.90. The van der Waals surface area contributed by atoms with Crippen molar-refractivity contribution in [2.45, 2.75) is 6.92 Å². The Morgan fingerprint density at radius 1 is 0.433 bits per heavy atom. The van der Waals surface area contributed by atoms with Gasteiger partial charge >= 0.3 is 0 Å². The van der Waals surface area contributed by atoms with Crippen LogP contribution in [0.2, 0.25) is 0 Å². The van der Waals surface area contributed by atoms with Crippen LogP contribution in [0, 0.1) is 65.1 Å². The summed E-state index contributed by atoms with van der Waals surface area (Å²) in [6.07, 6.45) is 0. The Morgan fingerprint density at radius 2 is 0.700 bits per heavy atom. The molecule has 0 unspecified atom stereocenters. The average molecular weight is 436 g/mol. The lowest BCUT2D eigenvalue weighted by molar-refractivity contribution is 0.382. The van der Waals surface area contributed by atoms with E-state index in [1.54, 1.807) is 0 Å². The van der Waals surface area contributed by atoms with E-state index in [9.17, 15) is 43.9 Å². The monoisotopic (exact) mass is 436 g/mol. The Balaban J connectivity index is 2.50. The lowest BCUT2D eigenvalue weighted by Crippen LogP contribution is -2.58. The maximum Gasteiger partial charge on any atom is 0.257 e. The van der Waals surface area contributed by atoms with Gasteiger partial charge in [0, 0.05) is 10.9 Å². The second kappa shape index (κ2) is 7.69. The van der Waals surface area contributed by atoms with E-state index in [1.165, 1.54) is 19.1 Å². The molecule has 0 aromatic heterocycles. The van der Waals surface area contributed by atoms with Crippen LogP contribution in [0.25, 0.3) is 0 Å². The van der Waals surface area contributed by atoms with E-state index in [4.69, 9.17) is 0 Å². The van der Waals surface area contributed by atoms with Gasteiger partial charge in [-0.1, -0.05) is 35.3 Å². The first-order valence-corrected chi connectivity index (χ1v) is 8.08. The molecule has 3 aromatic carbocycles. The van der Waals surface area contributed by atoms with Gasteiger partial charge in [-0.2, -0.15) is 0 Å². The lowest BCUT2D eigenvalue weighted by Gasteiger charge is -2.20. The highest BCUT2D eigenvalue weighted by atomic mass is 19.2. The zero-order valence-corrected chi connectivity index (χ0v) is 14.7. The van der Waals surface area contributed by atoms with Crippen LogP contribution in [0.5, 0.6) is 0 Å². The molecule has 0 fully saturated rings. The van der Waals surface area contributed by atoms with Crippen LogP contribution in [0.15, 0.2) is 24.3 Å². The summed E-state index contributed by atoms with van der Waals surface area (Å²) in [5, 5.41) is 0. The molecule has 0 aliphatic carbocycles. The van der Waals surface area contributed by atoms with Crippen molar-refractivity contribution < 1.29 is 43.9 Å². The van der Waals surface area contributed by atoms with Gasteiger partial charge in [0.15, 0.2) is 58.2 Å². The van der Waals surface area contributed by atoms with Crippen LogP contribution in [0.3, 0.4) is 0 Å². The van der Waals surface area contributed by atoms with Crippen LogP contribution in [0.1, 0.15) is 5.56 Å². The summed E-state index contributed by atoms with van der Waals surface area (Å²) in [4.78, 5) is 0. The highest BCUT2D eigenvalue weighted by molar-refractivity contribution is 6.95. The molecule has 0 amide bonds. The van der Waals surface area contributed by atoms with Gasteiger partial charge < -0.3 is 0 Å². The molecule has 3 aromatic rings. The van der Waals surface area contributed by atoms with Crippen LogP contribution in [-0.4, -0.2) is 6.71 Å². The fourth-order valence-electron chi connectivity index (χ4n) is 2.99. The van der Waals surface area contributed by atoms with Gasteiger partial charge in [-0.3, -0.25) is 0 Å². The molecule has 0 atom stereocenters. The van der Waals surface area contributed by atoms with E-state index in [-0.39, 0.29) is 0 Å². The molecule has 0 radical (unpaired) electrons. The number of aryl methyl sites for hydroxylation is 1. The third-order valence-electron chi connectivity index (χ3n) is 4.48. The molecule has 0 saturated carbocycles. The molecule has 0 aliphatic heterocycles. The summed E-state index contributed by atoms with van der Waals surface area (Å²) in [7, 11) is 0. The molecule has 3 rings (SSSR count). The van der Waals surface area contributed by atoms with E-state index in [0.29, 0.717) is 5.56 Å². The van der Waals surface area contributed by atoms with E-state index in [2.05, 4.69) is 0 Å². The first kappa shape index (κ1) is 21.7. The molecule has 0 nitrogen and oxygen atoms in total. The Labute approximate surface area is 162 Å². The second-order valence-electron chi connectivity index (χ2n) is 6.31. The molecule has 0 saturated heterocycles. The van der Waals surface area contributed by atoms with Crippen molar-refractivity contribution in [2.24, 2.45) is 0 Å². The van der Waals surface area contributed by atoms with Crippen LogP contribution in [0.4, 0.5) is 43.9 Å². The van der Waals surface area contributed by atoms with Gasteiger partial charge in [0.2, 0.25) is 0 Å². The normalized spacial score (nSPS) is 11.2. The topological polar surface area (TPSA) is 0 Å². The van der Waals surface area contributed by atoms with Crippen molar-refractivity contribution in [1.82, 2.24) is 0 Å². The largest absolute Gasteiger partial charge is 0.257 e. The van der Waals surface area contributed by atoms with E-state index in [0.717, 1.165) is 12.1 Å². The van der Waals surface area contributed by atoms with Crippen molar-refractivity contribution in [2.75, 3.05) is 0 Å². The van der Waals surface area contributed by atoms with E-state index < -0.39 is 81.3 Å². The minimum atomic E-state index is -2.55. The highest BCUT2D eigenvalue weighted by Gasteiger charge is 2.40. The maximum absolute atomic E-state index is 14.4. The van der Waals surface area contributed by atoms with Gasteiger partial charge in [0.25, 0.3) is 6.71 Å². The Kier molecular flexibility index (Phi) is 5.57. The first-order chi connectivity index (χ1) is 14.0. The molecule has 0 spiro atoms. The number of hydrogen-bond donors (Lipinski definition) is 0. The van der Waals surface area contributed by atoms with Crippen LogP contribution >= 0.6 is 0 Å². The smallest absolute Gasteiger partial charge is 0.204 e. The Bertz CT molecular complexity index is 1030. The third-order valence-corrected chi connectivity index (χ3v) is 4.48. The van der Waals surface area contributed by atoms with Crippen molar-refractivity contribution >= 4 is 23.1 Å². The standard InChI is InChI=1S/C19H7BF10/c1-6-2-4-7(5-3-6)20(8-10(21)14(25)18(29)15(26)11(8)22)9-12(23)16(27)19(30)17(28)13(9)24/h2-5H,1H3. The number of rotatable bonds is 3. The van der Waals surface area contributed by atoms with E-state index in [1.807, 2.05) is 0 Å². The highest BCUT2D eigenvalue weighted by Crippen LogP contribution is 2.20. The fourth-order valence-corrected chi connectivity index (χ4v) is 2.99. The molecule has 0 bridgehead atoms. The third kappa shape index (κ3) is 3.22. The quantitative estimate of drug-likeness (QED) is 0.253. The maximum atomic E-state index is 14.4. The molecule has 156 valence electrons. The van der Waals surface area contributed by atoms with E-state index >= 15 is 0 Å². The van der Waals surface area contributed by atoms with Gasteiger partial charge in [-0.05, 0) is 6.92 Å². The summed E-state index contributed by atoms with van der Waals surface area (Å²) in [5.74, 6) is -24.7. The predicted molar refractivity (Wildman–Crippen MR) is 88.3 cm³/mol. The summed E-state index contributed by atoms with van der Waals surface area (Å²) >= 11 is 0. The lowest BCUT2D eigenvalue weighted by atomic mass is 9.36. The van der Waals surface area contributed by atoms with Crippen molar-refractivity contribution in [3.8, 4) is 0 Å². The van der Waals surface area contributed by atoms with Crippen LogP contribution in [-0.2, 0) is 0 Å². The number of halogens is 10. The zero-order valence-electron chi connectivity index (χ0n) is 14.7. The average Bonchev–Trinajstić information content (AvgIpc) is 2.73. The van der Waals surface area contributed by atoms with Gasteiger partial charge in [-0.15, -0.1) is 0 Å². The first-order valence-electron chi connectivity index (χ1n) is 8.08. The zero-order chi connectivity index (χ0) is 22.5. The van der Waals surface area contributed by atoms with Crippen molar-refractivity contribution in [3.05, 3.63) is 88.0 Å². The van der Waals surface area contributed by atoms with Crippen molar-refractivity contribution in [3.63, 3.8) is 0 Å². The minimum absolute atomic E-state index is 0.480. The molecule has 30 heavy (non-hydrogen) atoms. The molecule has 0 N–H and O–H groups in total. The van der Waals surface area contributed by atoms with Crippen molar-refractivity contribution in [1.29, 1.82) is 0 Å². The summed E-state index contributed by atoms with van der Waals surface area (Å²) < 4.78 is 139. The second-order valence-corrected chi connectivity index (χ2v) is 6.31. The summed E-state index contributed by atoms with van der Waals surface area (Å²) in [6.45, 7) is -1.00. The fraction of sp³-hybridized carbons (Fsp3) is 0.0526. The van der Waals surface area contributed by atoms with Gasteiger partial charge in [0.1, 0.15) is 0 Å². The number of hydrogen-bond acceptors (Lipinski definition) is 0. The van der Waals surface area contributed by atoms with Gasteiger partial charge in [0.05, 0.1) is 0 Å². The molecular weight excluding hydrogens is 429 g/mol. The molecule has 0 heterocycles. The summed E-state index contributed by atoms with van der Waals surface area (Å²) in [5.41, 5.74) is -3.49. The number of benzene rings is 3. The van der Waals surface area contributed by atoms with Gasteiger partial charge in [-0.25, -0.2) is 43.9 Å².